The predicted octanol–water partition coefficient (Wildman–Crippen LogP) is 5.08. The fourth-order valence-corrected chi connectivity index (χ4v) is 4.94. The van der Waals surface area contributed by atoms with Crippen molar-refractivity contribution in [2.45, 2.75) is 50.7 Å². The molecule has 0 unspecified atom stereocenters. The first-order chi connectivity index (χ1) is 15.0. The molecule has 0 aliphatic heterocycles. The predicted molar refractivity (Wildman–Crippen MR) is 125 cm³/mol. The van der Waals surface area contributed by atoms with Crippen molar-refractivity contribution in [1.29, 1.82) is 0 Å². The van der Waals surface area contributed by atoms with Crippen LogP contribution in [0.3, 0.4) is 0 Å². The van der Waals surface area contributed by atoms with E-state index in [2.05, 4.69) is 27.4 Å². The van der Waals surface area contributed by atoms with E-state index in [1.165, 1.54) is 31.0 Å². The highest BCUT2D eigenvalue weighted by Gasteiger charge is 2.24. The number of rotatable bonds is 6. The van der Waals surface area contributed by atoms with Gasteiger partial charge in [0.2, 0.25) is 5.91 Å². The molecule has 0 spiro atoms. The van der Waals surface area contributed by atoms with Crippen LogP contribution in [0.2, 0.25) is 5.02 Å². The molecule has 1 N–H and O–H groups in total. The van der Waals surface area contributed by atoms with Gasteiger partial charge in [0.05, 0.1) is 11.4 Å². The molecule has 2 heterocycles. The summed E-state index contributed by atoms with van der Waals surface area (Å²) < 4.78 is 1.97. The Morgan fingerprint density at radius 1 is 1.19 bits per heavy atom. The Labute approximate surface area is 191 Å². The third-order valence-electron chi connectivity index (χ3n) is 5.84. The van der Waals surface area contributed by atoms with E-state index in [1.807, 2.05) is 41.8 Å². The van der Waals surface area contributed by atoms with Gasteiger partial charge >= 0.3 is 0 Å². The van der Waals surface area contributed by atoms with E-state index in [0.29, 0.717) is 21.9 Å². The number of pyridine rings is 1. The van der Waals surface area contributed by atoms with Crippen LogP contribution in [0.5, 0.6) is 0 Å². The van der Waals surface area contributed by atoms with E-state index >= 15 is 0 Å². The van der Waals surface area contributed by atoms with Crippen molar-refractivity contribution in [3.8, 4) is 17.1 Å². The fraction of sp³-hybridized carbons (Fsp3) is 0.391. The zero-order valence-corrected chi connectivity index (χ0v) is 19.3. The van der Waals surface area contributed by atoms with Crippen LogP contribution in [0.25, 0.3) is 17.1 Å². The fourth-order valence-electron chi connectivity index (χ4n) is 4.02. The summed E-state index contributed by atoms with van der Waals surface area (Å²) in [5, 5.41) is 13.4. The summed E-state index contributed by atoms with van der Waals surface area (Å²) >= 11 is 7.78. The maximum atomic E-state index is 12.7. The Kier molecular flexibility index (Phi) is 6.92. The summed E-state index contributed by atoms with van der Waals surface area (Å²) in [5.41, 5.74) is 2.73. The first-order valence-corrected chi connectivity index (χ1v) is 11.9. The summed E-state index contributed by atoms with van der Waals surface area (Å²) in [6, 6.07) is 9.82. The van der Waals surface area contributed by atoms with Crippen molar-refractivity contribution >= 4 is 29.3 Å². The molecule has 0 bridgehead atoms. The number of hydrogen-bond acceptors (Lipinski definition) is 5. The molecule has 1 amide bonds. The molecule has 0 saturated heterocycles. The molecule has 1 aliphatic carbocycles. The molecule has 0 radical (unpaired) electrons. The van der Waals surface area contributed by atoms with Crippen LogP contribution in [0.4, 0.5) is 0 Å². The normalized spacial score (nSPS) is 18.7. The van der Waals surface area contributed by atoms with Crippen molar-refractivity contribution in [2.24, 2.45) is 5.92 Å². The first kappa shape index (κ1) is 21.8. The molecule has 4 rings (SSSR count). The van der Waals surface area contributed by atoms with Gasteiger partial charge in [-0.15, -0.1) is 10.2 Å². The summed E-state index contributed by atoms with van der Waals surface area (Å²) in [7, 11) is 0. The van der Waals surface area contributed by atoms with Crippen LogP contribution in [0, 0.1) is 12.8 Å². The van der Waals surface area contributed by atoms with Gasteiger partial charge in [0.1, 0.15) is 0 Å². The largest absolute Gasteiger partial charge is 0.352 e. The van der Waals surface area contributed by atoms with Crippen LogP contribution in [-0.4, -0.2) is 37.5 Å². The highest BCUT2D eigenvalue weighted by atomic mass is 35.5. The smallest absolute Gasteiger partial charge is 0.230 e. The Hall–Kier alpha value is -2.38. The van der Waals surface area contributed by atoms with Crippen molar-refractivity contribution in [2.75, 3.05) is 5.75 Å². The Bertz CT molecular complexity index is 1060. The maximum Gasteiger partial charge on any atom is 0.230 e. The number of benzene rings is 1. The lowest BCUT2D eigenvalue weighted by Crippen LogP contribution is -2.41. The topological polar surface area (TPSA) is 72.7 Å². The Balaban J connectivity index is 1.60. The summed E-state index contributed by atoms with van der Waals surface area (Å²) in [6.07, 6.45) is 8.12. The standard InChI is InChI=1S/C23H26ClN5OS/c1-15-6-3-4-8-19(15)26-21(30)14-31-23-28-27-22(17-10-12-25-13-11-17)29(23)20-9-5-7-18(24)16(20)2/h5,7,9-13,15,19H,3-4,6,8,14H2,1-2H3,(H,26,30)/t15-,19+/m1/s1. The lowest BCUT2D eigenvalue weighted by molar-refractivity contribution is -0.119. The Morgan fingerprint density at radius 3 is 2.74 bits per heavy atom. The van der Waals surface area contributed by atoms with Gasteiger partial charge in [-0.1, -0.05) is 49.2 Å². The second-order valence-corrected chi connectivity index (χ2v) is 9.34. The lowest BCUT2D eigenvalue weighted by atomic mass is 9.86. The van der Waals surface area contributed by atoms with E-state index in [9.17, 15) is 4.79 Å². The number of halogens is 1. The number of carbonyl (C=O) groups is 1. The number of nitrogens with zero attached hydrogens (tertiary/aromatic N) is 4. The number of amides is 1. The zero-order chi connectivity index (χ0) is 21.8. The van der Waals surface area contributed by atoms with Gasteiger partial charge in [-0.3, -0.25) is 14.3 Å². The monoisotopic (exact) mass is 455 g/mol. The van der Waals surface area contributed by atoms with Gasteiger partial charge in [0.25, 0.3) is 0 Å². The number of aromatic nitrogens is 4. The zero-order valence-electron chi connectivity index (χ0n) is 17.7. The second kappa shape index (κ2) is 9.83. The average Bonchev–Trinajstić information content (AvgIpc) is 3.20. The summed E-state index contributed by atoms with van der Waals surface area (Å²) in [6.45, 7) is 4.19. The SMILES string of the molecule is Cc1c(Cl)cccc1-n1c(SCC(=O)N[C@H]2CCCC[C@H]2C)nnc1-c1ccncc1. The van der Waals surface area contributed by atoms with E-state index in [0.717, 1.165) is 23.2 Å². The molecule has 3 aromatic rings. The summed E-state index contributed by atoms with van der Waals surface area (Å²) in [5.74, 6) is 1.54. The highest BCUT2D eigenvalue weighted by Crippen LogP contribution is 2.31. The molecule has 31 heavy (non-hydrogen) atoms. The molecule has 1 saturated carbocycles. The van der Waals surface area contributed by atoms with Gasteiger partial charge in [-0.2, -0.15) is 0 Å². The van der Waals surface area contributed by atoms with Gasteiger partial charge in [-0.05, 0) is 55.5 Å². The van der Waals surface area contributed by atoms with Gasteiger partial charge in [-0.25, -0.2) is 0 Å². The van der Waals surface area contributed by atoms with Gasteiger partial charge < -0.3 is 5.32 Å². The third kappa shape index (κ3) is 4.93. The number of carbonyl (C=O) groups excluding carboxylic acids is 1. The molecule has 1 aliphatic rings. The van der Waals surface area contributed by atoms with E-state index in [4.69, 9.17) is 11.6 Å². The number of nitrogens with one attached hydrogen (secondary N) is 1. The van der Waals surface area contributed by atoms with Crippen LogP contribution in [-0.2, 0) is 4.79 Å². The van der Waals surface area contributed by atoms with E-state index < -0.39 is 0 Å². The third-order valence-corrected chi connectivity index (χ3v) is 7.18. The molecule has 8 heteroatoms. The lowest BCUT2D eigenvalue weighted by Gasteiger charge is -2.29. The van der Waals surface area contributed by atoms with Crippen molar-refractivity contribution in [3.63, 3.8) is 0 Å². The summed E-state index contributed by atoms with van der Waals surface area (Å²) in [4.78, 5) is 16.8. The van der Waals surface area contributed by atoms with Crippen molar-refractivity contribution < 1.29 is 4.79 Å². The van der Waals surface area contributed by atoms with E-state index in [1.54, 1.807) is 12.4 Å². The van der Waals surface area contributed by atoms with Crippen molar-refractivity contribution in [3.05, 3.63) is 53.3 Å². The number of hydrogen-bond donors (Lipinski definition) is 1. The molecule has 2 atom stereocenters. The average molecular weight is 456 g/mol. The molecular weight excluding hydrogens is 430 g/mol. The molecule has 1 fully saturated rings. The minimum atomic E-state index is 0.0339. The molecule has 162 valence electrons. The van der Waals surface area contributed by atoms with Crippen molar-refractivity contribution in [1.82, 2.24) is 25.1 Å². The maximum absolute atomic E-state index is 12.7. The van der Waals surface area contributed by atoms with Crippen LogP contribution < -0.4 is 5.32 Å². The number of thioether (sulfide) groups is 1. The molecule has 1 aromatic carbocycles. The van der Waals surface area contributed by atoms with Crippen LogP contribution >= 0.6 is 23.4 Å². The minimum absolute atomic E-state index is 0.0339. The quantitative estimate of drug-likeness (QED) is 0.525. The molecular formula is C23H26ClN5OS. The van der Waals surface area contributed by atoms with Crippen LogP contribution in [0.15, 0.2) is 47.9 Å². The van der Waals surface area contributed by atoms with Gasteiger partial charge in [0.15, 0.2) is 11.0 Å². The Morgan fingerprint density at radius 2 is 1.97 bits per heavy atom. The second-order valence-electron chi connectivity index (χ2n) is 7.99. The molecule has 6 nitrogen and oxygen atoms in total. The van der Waals surface area contributed by atoms with Crippen LogP contribution in [0.1, 0.15) is 38.2 Å². The van der Waals surface area contributed by atoms with E-state index in [-0.39, 0.29) is 17.7 Å². The minimum Gasteiger partial charge on any atom is -0.352 e. The first-order valence-electron chi connectivity index (χ1n) is 10.6. The van der Waals surface area contributed by atoms with Gasteiger partial charge in [0, 0.05) is 29.0 Å². The molecule has 2 aromatic heterocycles. The highest BCUT2D eigenvalue weighted by molar-refractivity contribution is 7.99.